The van der Waals surface area contributed by atoms with Gasteiger partial charge in [-0.3, -0.25) is 4.72 Å². The molecule has 0 radical (unpaired) electrons. The van der Waals surface area contributed by atoms with Gasteiger partial charge in [0.15, 0.2) is 0 Å². The number of rotatable bonds is 3. The molecule has 1 N–H and O–H groups in total. The molecule has 1 aromatic carbocycles. The molecule has 19 heavy (non-hydrogen) atoms. The number of benzene rings is 1. The van der Waals surface area contributed by atoms with E-state index in [1.54, 1.807) is 0 Å². The summed E-state index contributed by atoms with van der Waals surface area (Å²) in [4.78, 5) is -0.284. The van der Waals surface area contributed by atoms with Crippen molar-refractivity contribution < 1.29 is 17.2 Å². The Balaban J connectivity index is 2.42. The number of nitrogens with one attached hydrogen (secondary N) is 1. The SMILES string of the molecule is O=S(=O)(Nc1cc(F)ccc1F)c1cc(Cl)sc1Cl. The summed E-state index contributed by atoms with van der Waals surface area (Å²) in [5.74, 6) is -1.67. The maximum absolute atomic E-state index is 13.4. The van der Waals surface area contributed by atoms with Crippen LogP contribution in [0.25, 0.3) is 0 Å². The third-order valence-corrected chi connectivity index (χ3v) is 5.21. The second-order valence-electron chi connectivity index (χ2n) is 3.42. The average molecular weight is 344 g/mol. The van der Waals surface area contributed by atoms with Gasteiger partial charge in [0.05, 0.1) is 10.0 Å². The van der Waals surface area contributed by atoms with Crippen LogP contribution in [0.15, 0.2) is 29.2 Å². The Morgan fingerprint density at radius 1 is 1.16 bits per heavy atom. The molecule has 9 heteroatoms. The van der Waals surface area contributed by atoms with Gasteiger partial charge in [0.25, 0.3) is 10.0 Å². The number of sulfonamides is 1. The lowest BCUT2D eigenvalue weighted by Crippen LogP contribution is -2.13. The second-order valence-corrected chi connectivity index (χ2v) is 7.35. The van der Waals surface area contributed by atoms with E-state index in [4.69, 9.17) is 23.2 Å². The molecule has 2 aromatic rings. The molecule has 102 valence electrons. The van der Waals surface area contributed by atoms with E-state index in [1.807, 2.05) is 4.72 Å². The van der Waals surface area contributed by atoms with Crippen LogP contribution in [-0.4, -0.2) is 8.42 Å². The zero-order valence-electron chi connectivity index (χ0n) is 8.95. The van der Waals surface area contributed by atoms with Crippen LogP contribution in [0.3, 0.4) is 0 Å². The summed E-state index contributed by atoms with van der Waals surface area (Å²) >= 11 is 12.2. The highest BCUT2D eigenvalue weighted by molar-refractivity contribution is 7.93. The van der Waals surface area contributed by atoms with Crippen molar-refractivity contribution in [3.8, 4) is 0 Å². The lowest BCUT2D eigenvalue weighted by atomic mass is 10.3. The summed E-state index contributed by atoms with van der Waals surface area (Å²) in [5, 5.41) is 0. The number of halogens is 4. The van der Waals surface area contributed by atoms with Crippen molar-refractivity contribution >= 4 is 50.2 Å². The molecular weight excluding hydrogens is 339 g/mol. The smallest absolute Gasteiger partial charge is 0.264 e. The number of hydrogen-bond donors (Lipinski definition) is 1. The second kappa shape index (κ2) is 5.24. The third-order valence-electron chi connectivity index (χ3n) is 2.09. The Hall–Kier alpha value is -0.890. The summed E-state index contributed by atoms with van der Waals surface area (Å²) in [7, 11) is -4.13. The van der Waals surface area contributed by atoms with Crippen LogP contribution in [0.4, 0.5) is 14.5 Å². The minimum absolute atomic E-state index is 0.0608. The molecule has 1 aromatic heterocycles. The molecule has 0 amide bonds. The van der Waals surface area contributed by atoms with Gasteiger partial charge in [0.2, 0.25) is 0 Å². The molecule has 0 saturated carbocycles. The fraction of sp³-hybridized carbons (Fsp3) is 0. The lowest BCUT2D eigenvalue weighted by molar-refractivity contribution is 0.594. The summed E-state index contributed by atoms with van der Waals surface area (Å²) < 4.78 is 52.3. The van der Waals surface area contributed by atoms with E-state index < -0.39 is 27.3 Å². The maximum Gasteiger partial charge on any atom is 0.264 e. The molecule has 0 aliphatic carbocycles. The largest absolute Gasteiger partial charge is 0.276 e. The van der Waals surface area contributed by atoms with Crippen molar-refractivity contribution in [3.05, 3.63) is 44.6 Å². The molecule has 0 aliphatic heterocycles. The topological polar surface area (TPSA) is 46.2 Å². The molecule has 0 spiro atoms. The highest BCUT2D eigenvalue weighted by Crippen LogP contribution is 2.35. The van der Waals surface area contributed by atoms with Crippen LogP contribution < -0.4 is 4.72 Å². The minimum atomic E-state index is -4.13. The highest BCUT2D eigenvalue weighted by atomic mass is 35.5. The van der Waals surface area contributed by atoms with Crippen LogP contribution in [-0.2, 0) is 10.0 Å². The third kappa shape index (κ3) is 3.17. The molecule has 0 aliphatic rings. The summed E-state index contributed by atoms with van der Waals surface area (Å²) in [6, 6.07) is 3.56. The number of anilines is 1. The predicted octanol–water partition coefficient (Wildman–Crippen LogP) is 4.13. The first-order chi connectivity index (χ1) is 8.79. The summed E-state index contributed by atoms with van der Waals surface area (Å²) in [5.41, 5.74) is -0.501. The van der Waals surface area contributed by atoms with E-state index in [0.717, 1.165) is 35.6 Å². The summed E-state index contributed by atoms with van der Waals surface area (Å²) in [6.07, 6.45) is 0. The minimum Gasteiger partial charge on any atom is -0.276 e. The Labute approximate surface area is 121 Å². The van der Waals surface area contributed by atoms with E-state index in [2.05, 4.69) is 0 Å². The maximum atomic E-state index is 13.4. The van der Waals surface area contributed by atoms with Gasteiger partial charge in [-0.2, -0.15) is 0 Å². The van der Waals surface area contributed by atoms with Gasteiger partial charge in [0.1, 0.15) is 20.9 Å². The molecular formula is C10H5Cl2F2NO2S2. The number of thiophene rings is 1. The fourth-order valence-electron chi connectivity index (χ4n) is 1.28. The summed E-state index contributed by atoms with van der Waals surface area (Å²) in [6.45, 7) is 0. The Morgan fingerprint density at radius 3 is 2.42 bits per heavy atom. The highest BCUT2D eigenvalue weighted by Gasteiger charge is 2.22. The number of hydrogen-bond acceptors (Lipinski definition) is 3. The van der Waals surface area contributed by atoms with Crippen molar-refractivity contribution in [2.24, 2.45) is 0 Å². The van der Waals surface area contributed by atoms with Crippen LogP contribution in [0.5, 0.6) is 0 Å². The monoisotopic (exact) mass is 343 g/mol. The Bertz CT molecular complexity index is 731. The van der Waals surface area contributed by atoms with E-state index in [9.17, 15) is 17.2 Å². The Morgan fingerprint density at radius 2 is 1.84 bits per heavy atom. The predicted molar refractivity (Wildman–Crippen MR) is 71.5 cm³/mol. The first kappa shape index (κ1) is 14.5. The van der Waals surface area contributed by atoms with Crippen molar-refractivity contribution in [2.75, 3.05) is 4.72 Å². The molecule has 1 heterocycles. The van der Waals surface area contributed by atoms with Crippen molar-refractivity contribution in [2.45, 2.75) is 4.90 Å². The molecule has 0 saturated heterocycles. The first-order valence-electron chi connectivity index (χ1n) is 4.72. The van der Waals surface area contributed by atoms with E-state index >= 15 is 0 Å². The van der Waals surface area contributed by atoms with Gasteiger partial charge < -0.3 is 0 Å². The van der Waals surface area contributed by atoms with E-state index in [1.165, 1.54) is 0 Å². The van der Waals surface area contributed by atoms with E-state index in [-0.39, 0.29) is 13.6 Å². The molecule has 0 fully saturated rings. The molecule has 3 nitrogen and oxygen atoms in total. The normalized spacial score (nSPS) is 11.6. The first-order valence-corrected chi connectivity index (χ1v) is 7.78. The van der Waals surface area contributed by atoms with Crippen LogP contribution in [0.2, 0.25) is 8.67 Å². The zero-order chi connectivity index (χ0) is 14.2. The van der Waals surface area contributed by atoms with Crippen LogP contribution >= 0.6 is 34.5 Å². The van der Waals surface area contributed by atoms with Gasteiger partial charge in [-0.15, -0.1) is 11.3 Å². The fourth-order valence-corrected chi connectivity index (χ4v) is 4.49. The van der Waals surface area contributed by atoms with Crippen LogP contribution in [0.1, 0.15) is 0 Å². The lowest BCUT2D eigenvalue weighted by Gasteiger charge is -2.08. The van der Waals surface area contributed by atoms with Crippen molar-refractivity contribution in [3.63, 3.8) is 0 Å². The average Bonchev–Trinajstić information content (AvgIpc) is 2.63. The van der Waals surface area contributed by atoms with Gasteiger partial charge >= 0.3 is 0 Å². The van der Waals surface area contributed by atoms with Gasteiger partial charge in [0, 0.05) is 6.07 Å². The molecule has 0 unspecified atom stereocenters. The Kier molecular flexibility index (Phi) is 4.00. The molecule has 0 atom stereocenters. The van der Waals surface area contributed by atoms with E-state index in [0.29, 0.717) is 0 Å². The molecule has 2 rings (SSSR count). The van der Waals surface area contributed by atoms with Crippen LogP contribution in [0, 0.1) is 11.6 Å². The quantitative estimate of drug-likeness (QED) is 0.910. The van der Waals surface area contributed by atoms with Crippen molar-refractivity contribution in [1.29, 1.82) is 0 Å². The zero-order valence-corrected chi connectivity index (χ0v) is 12.1. The van der Waals surface area contributed by atoms with Crippen molar-refractivity contribution in [1.82, 2.24) is 0 Å². The molecule has 0 bridgehead atoms. The van der Waals surface area contributed by atoms with Gasteiger partial charge in [-0.25, -0.2) is 17.2 Å². The van der Waals surface area contributed by atoms with Gasteiger partial charge in [-0.05, 0) is 18.2 Å². The van der Waals surface area contributed by atoms with Gasteiger partial charge in [-0.1, -0.05) is 23.2 Å². The standard InChI is InChI=1S/C10H5Cl2F2NO2S2/c11-9-4-8(10(12)18-9)19(16,17)15-7-3-5(13)1-2-6(7)14/h1-4,15H.